The highest BCUT2D eigenvalue weighted by Crippen LogP contribution is 2.18. The van der Waals surface area contributed by atoms with Crippen molar-refractivity contribution in [3.63, 3.8) is 0 Å². The summed E-state index contributed by atoms with van der Waals surface area (Å²) in [4.78, 5) is 37.5. The quantitative estimate of drug-likeness (QED) is 0.305. The predicted octanol–water partition coefficient (Wildman–Crippen LogP) is 4.85. The lowest BCUT2D eigenvalue weighted by Crippen LogP contribution is -2.51. The molecule has 0 saturated carbocycles. The average molecular weight is 704 g/mol. The first-order chi connectivity index (χ1) is 22.9. The van der Waals surface area contributed by atoms with E-state index in [1.807, 2.05) is 76.8 Å². The van der Waals surface area contributed by atoms with Gasteiger partial charge in [0.15, 0.2) is 0 Å². The maximum absolute atomic E-state index is 13.0. The Kier molecular flexibility index (Phi) is 17.3. The van der Waals surface area contributed by atoms with Gasteiger partial charge in [-0.05, 0) is 57.9 Å². The number of esters is 2. The molecule has 1 heterocycles. The molecule has 0 aromatic heterocycles. The van der Waals surface area contributed by atoms with E-state index in [2.05, 4.69) is 61.1 Å². The molecule has 0 amide bonds. The molecule has 1 atom stereocenters. The fourth-order valence-corrected chi connectivity index (χ4v) is 6.37. The predicted molar refractivity (Wildman–Crippen MR) is 204 cm³/mol. The lowest BCUT2D eigenvalue weighted by atomic mass is 9.95. The number of benzene rings is 1. The Bertz CT molecular complexity index is 1140. The van der Waals surface area contributed by atoms with E-state index in [1.54, 1.807) is 0 Å². The summed E-state index contributed by atoms with van der Waals surface area (Å²) in [7, 11) is 0. The van der Waals surface area contributed by atoms with Crippen molar-refractivity contribution >= 4 is 11.9 Å². The molecule has 1 aliphatic heterocycles. The molecule has 1 unspecified atom stereocenters. The van der Waals surface area contributed by atoms with Gasteiger partial charge in [0.05, 0.1) is 19.2 Å². The maximum atomic E-state index is 13.0. The molecule has 0 radical (unpaired) electrons. The zero-order valence-corrected chi connectivity index (χ0v) is 33.9. The summed E-state index contributed by atoms with van der Waals surface area (Å²) < 4.78 is 11.4. The zero-order valence-electron chi connectivity index (χ0n) is 33.9. The molecule has 1 aliphatic rings. The monoisotopic (exact) mass is 704 g/mol. The summed E-state index contributed by atoms with van der Waals surface area (Å²) in [5.74, 6) is -0.517. The van der Waals surface area contributed by atoms with E-state index in [9.17, 15) is 14.7 Å². The summed E-state index contributed by atoms with van der Waals surface area (Å²) >= 11 is 0. The van der Waals surface area contributed by atoms with Gasteiger partial charge in [-0.15, -0.1) is 0 Å². The number of hydrogen-bond donors (Lipinski definition) is 1. The molecule has 0 bridgehead atoms. The molecule has 1 fully saturated rings. The van der Waals surface area contributed by atoms with Gasteiger partial charge < -0.3 is 24.4 Å². The largest absolute Gasteiger partial charge is 0.459 e. The summed E-state index contributed by atoms with van der Waals surface area (Å²) in [5, 5.41) is 11.6. The average Bonchev–Trinajstić information content (AvgIpc) is 2.91. The Morgan fingerprint density at radius 2 is 1.08 bits per heavy atom. The molecule has 2 rings (SSSR count). The number of carbonyl (C=O) groups is 2. The molecule has 0 aliphatic carbocycles. The van der Waals surface area contributed by atoms with Crippen molar-refractivity contribution in [2.24, 2.45) is 10.8 Å². The fourth-order valence-electron chi connectivity index (χ4n) is 6.37. The van der Waals surface area contributed by atoms with Crippen molar-refractivity contribution in [1.82, 2.24) is 24.5 Å². The molecular weight excluding hydrogens is 630 g/mol. The van der Waals surface area contributed by atoms with Gasteiger partial charge in [0.25, 0.3) is 0 Å². The highest BCUT2D eigenvalue weighted by atomic mass is 16.6. The molecule has 1 aromatic carbocycles. The van der Waals surface area contributed by atoms with Crippen LogP contribution in [0.2, 0.25) is 0 Å². The normalized spacial score (nSPS) is 18.4. The van der Waals surface area contributed by atoms with Crippen LogP contribution in [-0.2, 0) is 25.6 Å². The topological polar surface area (TPSA) is 89.0 Å². The van der Waals surface area contributed by atoms with E-state index in [4.69, 9.17) is 9.47 Å². The van der Waals surface area contributed by atoms with Crippen molar-refractivity contribution in [2.75, 3.05) is 91.6 Å². The minimum Gasteiger partial charge on any atom is -0.459 e. The minimum absolute atomic E-state index is 0.0946. The zero-order chi connectivity index (χ0) is 37.8. The van der Waals surface area contributed by atoms with Gasteiger partial charge in [-0.3, -0.25) is 24.3 Å². The molecule has 1 saturated heterocycles. The molecule has 10 nitrogen and oxygen atoms in total. The lowest BCUT2D eigenvalue weighted by Gasteiger charge is -2.38. The van der Waals surface area contributed by atoms with E-state index < -0.39 is 17.3 Å². The summed E-state index contributed by atoms with van der Waals surface area (Å²) in [6, 6.07) is 10.0. The van der Waals surface area contributed by atoms with Gasteiger partial charge in [0, 0.05) is 85.1 Å². The Hall–Kier alpha value is -2.08. The highest BCUT2D eigenvalue weighted by molar-refractivity contribution is 5.72. The highest BCUT2D eigenvalue weighted by Gasteiger charge is 2.26. The first-order valence-corrected chi connectivity index (χ1v) is 18.7. The number of ether oxygens (including phenoxy) is 2. The second-order valence-corrected chi connectivity index (χ2v) is 18.7. The SMILES string of the molecule is CC(C)(C)CN1CCN(CC(=O)OC(C)(C)C)CCN(CC(O)CN(CC(=O)OC(C)(C)C)Cc2ccccc2)CCN(CC(C)(C)C)CC1. The van der Waals surface area contributed by atoms with Gasteiger partial charge in [0.2, 0.25) is 0 Å². The van der Waals surface area contributed by atoms with Crippen molar-refractivity contribution in [3.05, 3.63) is 35.9 Å². The van der Waals surface area contributed by atoms with Crippen LogP contribution < -0.4 is 0 Å². The van der Waals surface area contributed by atoms with Gasteiger partial charge in [-0.1, -0.05) is 71.9 Å². The summed E-state index contributed by atoms with van der Waals surface area (Å²) in [6.07, 6.45) is -0.688. The molecule has 1 aromatic rings. The number of hydrogen-bond acceptors (Lipinski definition) is 10. The van der Waals surface area contributed by atoms with Crippen LogP contribution >= 0.6 is 0 Å². The van der Waals surface area contributed by atoms with Crippen LogP contribution in [0, 0.1) is 10.8 Å². The van der Waals surface area contributed by atoms with E-state index in [0.29, 0.717) is 32.7 Å². The van der Waals surface area contributed by atoms with Gasteiger partial charge >= 0.3 is 11.9 Å². The Balaban J connectivity index is 2.28. The Morgan fingerprint density at radius 1 is 0.660 bits per heavy atom. The summed E-state index contributed by atoms with van der Waals surface area (Å²) in [6.45, 7) is 35.2. The van der Waals surface area contributed by atoms with Crippen LogP contribution in [0.25, 0.3) is 0 Å². The molecule has 0 spiro atoms. The standard InChI is InChI=1S/C40H73N5O5/c1-37(2,3)31-43-22-20-41(27-34(46)28-45(26-33-16-14-13-15-17-33)30-36(48)50-40(10,11)12)18-19-42(29-35(47)49-39(7,8)9)21-23-44(25-24-43)32-38(4,5)6/h13-17,34,46H,18-32H2,1-12H3. The second-order valence-electron chi connectivity index (χ2n) is 18.7. The van der Waals surface area contributed by atoms with E-state index >= 15 is 0 Å². The van der Waals surface area contributed by atoms with Crippen LogP contribution in [0.5, 0.6) is 0 Å². The van der Waals surface area contributed by atoms with E-state index in [-0.39, 0.29) is 35.9 Å². The number of rotatable bonds is 12. The van der Waals surface area contributed by atoms with Crippen LogP contribution in [0.4, 0.5) is 0 Å². The third kappa shape index (κ3) is 21.3. The smallest absolute Gasteiger partial charge is 0.320 e. The van der Waals surface area contributed by atoms with Crippen molar-refractivity contribution in [2.45, 2.75) is 107 Å². The Labute approximate surface area is 305 Å². The van der Waals surface area contributed by atoms with E-state index in [0.717, 1.165) is 57.9 Å². The number of aliphatic hydroxyl groups is 1. The number of β-amino-alcohol motifs (C(OH)–C–C–N with tert-alkyl or cyclic N) is 1. The summed E-state index contributed by atoms with van der Waals surface area (Å²) in [5.41, 5.74) is 0.263. The van der Waals surface area contributed by atoms with Gasteiger partial charge in [-0.2, -0.15) is 0 Å². The molecule has 288 valence electrons. The van der Waals surface area contributed by atoms with Crippen LogP contribution in [0.15, 0.2) is 30.3 Å². The second kappa shape index (κ2) is 19.7. The third-order valence-corrected chi connectivity index (χ3v) is 8.06. The number of carbonyl (C=O) groups excluding carboxylic acids is 2. The maximum Gasteiger partial charge on any atom is 0.320 e. The van der Waals surface area contributed by atoms with E-state index in [1.165, 1.54) is 0 Å². The molecular formula is C40H73N5O5. The number of nitrogens with zero attached hydrogens (tertiary/aromatic N) is 5. The van der Waals surface area contributed by atoms with Crippen LogP contribution in [0.1, 0.15) is 88.6 Å². The third-order valence-electron chi connectivity index (χ3n) is 8.06. The van der Waals surface area contributed by atoms with Crippen LogP contribution in [-0.4, -0.2) is 150 Å². The van der Waals surface area contributed by atoms with Crippen LogP contribution in [0.3, 0.4) is 0 Å². The fraction of sp³-hybridized carbons (Fsp3) is 0.800. The van der Waals surface area contributed by atoms with Gasteiger partial charge in [-0.25, -0.2) is 0 Å². The minimum atomic E-state index is -0.688. The van der Waals surface area contributed by atoms with Crippen molar-refractivity contribution in [3.8, 4) is 0 Å². The van der Waals surface area contributed by atoms with Crippen molar-refractivity contribution in [1.29, 1.82) is 0 Å². The lowest BCUT2D eigenvalue weighted by molar-refractivity contribution is -0.157. The molecule has 50 heavy (non-hydrogen) atoms. The Morgan fingerprint density at radius 3 is 1.52 bits per heavy atom. The van der Waals surface area contributed by atoms with Crippen molar-refractivity contribution < 1.29 is 24.2 Å². The van der Waals surface area contributed by atoms with Gasteiger partial charge in [0.1, 0.15) is 11.2 Å². The first kappa shape index (κ1) is 44.1. The molecule has 1 N–H and O–H groups in total. The molecule has 10 heteroatoms. The first-order valence-electron chi connectivity index (χ1n) is 18.7. The number of aliphatic hydroxyl groups excluding tert-OH is 1.